The highest BCUT2D eigenvalue weighted by atomic mass is 16.6. The van der Waals surface area contributed by atoms with E-state index in [9.17, 15) is 14.4 Å². The van der Waals surface area contributed by atoms with Crippen LogP contribution >= 0.6 is 0 Å². The molecule has 26 heavy (non-hydrogen) atoms. The minimum Gasteiger partial charge on any atom is -0.450 e. The first-order valence-corrected chi connectivity index (χ1v) is 8.50. The number of carbonyl (C=O) groups is 3. The van der Waals surface area contributed by atoms with Crippen molar-refractivity contribution in [3.05, 3.63) is 36.2 Å². The molecule has 0 saturated carbocycles. The highest BCUT2D eigenvalue weighted by Crippen LogP contribution is 2.06. The van der Waals surface area contributed by atoms with Crippen molar-refractivity contribution in [1.29, 1.82) is 0 Å². The van der Waals surface area contributed by atoms with Gasteiger partial charge in [0.1, 0.15) is 0 Å². The maximum Gasteiger partial charge on any atom is 0.409 e. The van der Waals surface area contributed by atoms with E-state index < -0.39 is 5.91 Å². The molecule has 3 heterocycles. The minimum absolute atomic E-state index is 0.105. The van der Waals surface area contributed by atoms with Gasteiger partial charge in [-0.25, -0.2) is 9.31 Å². The summed E-state index contributed by atoms with van der Waals surface area (Å²) in [7, 11) is 0. The summed E-state index contributed by atoms with van der Waals surface area (Å²) in [6.45, 7) is 3.66. The fourth-order valence-electron chi connectivity index (χ4n) is 2.76. The van der Waals surface area contributed by atoms with Crippen molar-refractivity contribution < 1.29 is 19.1 Å². The molecule has 3 amide bonds. The lowest BCUT2D eigenvalue weighted by Gasteiger charge is -2.34. The highest BCUT2D eigenvalue weighted by molar-refractivity contribution is 5.95. The summed E-state index contributed by atoms with van der Waals surface area (Å²) >= 11 is 0. The Hall–Kier alpha value is -3.10. The van der Waals surface area contributed by atoms with E-state index >= 15 is 0 Å². The Kier molecular flexibility index (Phi) is 5.35. The van der Waals surface area contributed by atoms with Crippen molar-refractivity contribution in [3.8, 4) is 0 Å². The van der Waals surface area contributed by atoms with Crippen molar-refractivity contribution in [2.45, 2.75) is 6.92 Å². The van der Waals surface area contributed by atoms with Crippen LogP contribution in [0.5, 0.6) is 0 Å². The molecule has 9 heteroatoms. The van der Waals surface area contributed by atoms with Crippen LogP contribution in [0.3, 0.4) is 0 Å². The van der Waals surface area contributed by atoms with Crippen molar-refractivity contribution in [2.24, 2.45) is 0 Å². The highest BCUT2D eigenvalue weighted by Gasteiger charge is 2.25. The molecular weight excluding hydrogens is 338 g/mol. The third-order valence-electron chi connectivity index (χ3n) is 4.16. The van der Waals surface area contributed by atoms with Crippen LogP contribution in [0, 0.1) is 0 Å². The minimum atomic E-state index is -0.396. The number of nitrogens with zero attached hydrogens (tertiary/aromatic N) is 4. The van der Waals surface area contributed by atoms with Crippen molar-refractivity contribution in [2.75, 3.05) is 39.3 Å². The second-order valence-corrected chi connectivity index (χ2v) is 5.85. The monoisotopic (exact) mass is 359 g/mol. The first kappa shape index (κ1) is 17.7. The summed E-state index contributed by atoms with van der Waals surface area (Å²) in [6.07, 6.45) is 1.39. The van der Waals surface area contributed by atoms with Crippen LogP contribution in [0.2, 0.25) is 0 Å². The fourth-order valence-corrected chi connectivity index (χ4v) is 2.76. The molecule has 138 valence electrons. The maximum absolute atomic E-state index is 12.3. The lowest BCUT2D eigenvalue weighted by atomic mass is 10.3. The number of nitrogens with one attached hydrogen (secondary N) is 1. The van der Waals surface area contributed by atoms with Gasteiger partial charge in [0.2, 0.25) is 5.91 Å². The maximum atomic E-state index is 12.3. The smallest absolute Gasteiger partial charge is 0.409 e. The topological polar surface area (TPSA) is 96.2 Å². The Labute approximate surface area is 150 Å². The molecule has 0 atom stereocenters. The van der Waals surface area contributed by atoms with Gasteiger partial charge in [0.05, 0.1) is 18.7 Å². The molecule has 3 rings (SSSR count). The number of carbonyl (C=O) groups excluding carboxylic acids is 3. The molecule has 9 nitrogen and oxygen atoms in total. The van der Waals surface area contributed by atoms with E-state index in [0.717, 1.165) is 5.52 Å². The first-order valence-electron chi connectivity index (χ1n) is 8.50. The van der Waals surface area contributed by atoms with E-state index in [0.29, 0.717) is 32.8 Å². The average Bonchev–Trinajstić information content (AvgIpc) is 3.10. The second kappa shape index (κ2) is 7.85. The van der Waals surface area contributed by atoms with Gasteiger partial charge in [0.15, 0.2) is 5.69 Å². The van der Waals surface area contributed by atoms with Gasteiger partial charge in [-0.2, -0.15) is 5.10 Å². The Morgan fingerprint density at radius 1 is 1.15 bits per heavy atom. The normalized spacial score (nSPS) is 14.3. The molecule has 1 aliphatic heterocycles. The van der Waals surface area contributed by atoms with Crippen LogP contribution in [0.15, 0.2) is 30.5 Å². The van der Waals surface area contributed by atoms with Gasteiger partial charge in [-0.05, 0) is 25.1 Å². The molecule has 0 spiro atoms. The number of fused-ring (bicyclic) bond motifs is 1. The Morgan fingerprint density at radius 3 is 2.58 bits per heavy atom. The van der Waals surface area contributed by atoms with Crippen LogP contribution in [0.4, 0.5) is 4.79 Å². The molecule has 1 fully saturated rings. The molecule has 0 radical (unpaired) electrons. The molecule has 1 saturated heterocycles. The molecule has 0 aromatic carbocycles. The van der Waals surface area contributed by atoms with Crippen LogP contribution in [-0.2, 0) is 9.53 Å². The van der Waals surface area contributed by atoms with Gasteiger partial charge in [-0.15, -0.1) is 0 Å². The number of hydrogen-bond donors (Lipinski definition) is 1. The number of hydrogen-bond acceptors (Lipinski definition) is 5. The molecule has 2 aromatic rings. The standard InChI is InChI=1S/C17H21N5O4/c1-2-26-17(25)21-9-7-20(8-10-21)15(23)12-18-16(24)14-11-13-5-3-4-6-22(13)19-14/h3-6,11H,2,7-10,12H2,1H3,(H,18,24). The fraction of sp³-hybridized carbons (Fsp3) is 0.412. The molecule has 0 aliphatic carbocycles. The third kappa shape index (κ3) is 3.93. The van der Waals surface area contributed by atoms with E-state index in [-0.39, 0.29) is 24.2 Å². The van der Waals surface area contributed by atoms with Gasteiger partial charge in [-0.1, -0.05) is 6.07 Å². The zero-order chi connectivity index (χ0) is 18.5. The van der Waals surface area contributed by atoms with Crippen LogP contribution in [-0.4, -0.2) is 76.7 Å². The molecule has 1 N–H and O–H groups in total. The Balaban J connectivity index is 1.48. The predicted molar refractivity (Wildman–Crippen MR) is 92.7 cm³/mol. The van der Waals surface area contributed by atoms with Crippen molar-refractivity contribution in [1.82, 2.24) is 24.7 Å². The van der Waals surface area contributed by atoms with Crippen LogP contribution < -0.4 is 5.32 Å². The summed E-state index contributed by atoms with van der Waals surface area (Å²) in [6, 6.07) is 7.19. The van der Waals surface area contributed by atoms with Gasteiger partial charge >= 0.3 is 6.09 Å². The van der Waals surface area contributed by atoms with E-state index in [1.54, 1.807) is 33.5 Å². The Bertz CT molecular complexity index is 777. The third-order valence-corrected chi connectivity index (χ3v) is 4.16. The zero-order valence-electron chi connectivity index (χ0n) is 14.6. The second-order valence-electron chi connectivity index (χ2n) is 5.85. The SMILES string of the molecule is CCOC(=O)N1CCN(C(=O)CNC(=O)c2cc3ccccn3n2)CC1. The first-order chi connectivity index (χ1) is 12.6. The van der Waals surface area contributed by atoms with Gasteiger partial charge < -0.3 is 19.9 Å². The number of pyridine rings is 1. The number of aromatic nitrogens is 2. The van der Waals surface area contributed by atoms with E-state index in [1.807, 2.05) is 18.2 Å². The largest absolute Gasteiger partial charge is 0.450 e. The van der Waals surface area contributed by atoms with E-state index in [1.165, 1.54) is 0 Å². The van der Waals surface area contributed by atoms with E-state index in [4.69, 9.17) is 4.74 Å². The van der Waals surface area contributed by atoms with Crippen LogP contribution in [0.1, 0.15) is 17.4 Å². The van der Waals surface area contributed by atoms with Crippen molar-refractivity contribution in [3.63, 3.8) is 0 Å². The summed E-state index contributed by atoms with van der Waals surface area (Å²) in [5.41, 5.74) is 1.06. The molecule has 1 aliphatic rings. The lowest BCUT2D eigenvalue weighted by Crippen LogP contribution is -2.52. The lowest BCUT2D eigenvalue weighted by molar-refractivity contribution is -0.131. The molecular formula is C17H21N5O4. The molecule has 2 aromatic heterocycles. The molecule has 0 unspecified atom stereocenters. The van der Waals surface area contributed by atoms with E-state index in [2.05, 4.69) is 10.4 Å². The number of piperazine rings is 1. The zero-order valence-corrected chi connectivity index (χ0v) is 14.6. The summed E-state index contributed by atoms with van der Waals surface area (Å²) in [5, 5.41) is 6.77. The summed E-state index contributed by atoms with van der Waals surface area (Å²) < 4.78 is 6.55. The average molecular weight is 359 g/mol. The van der Waals surface area contributed by atoms with Crippen LogP contribution in [0.25, 0.3) is 5.52 Å². The van der Waals surface area contributed by atoms with Gasteiger partial charge in [0, 0.05) is 32.4 Å². The Morgan fingerprint density at radius 2 is 1.88 bits per heavy atom. The number of rotatable bonds is 4. The number of ether oxygens (including phenoxy) is 1. The summed E-state index contributed by atoms with van der Waals surface area (Å²) in [4.78, 5) is 39.3. The predicted octanol–water partition coefficient (Wildman–Crippen LogP) is 0.365. The van der Waals surface area contributed by atoms with Gasteiger partial charge in [-0.3, -0.25) is 9.59 Å². The summed E-state index contributed by atoms with van der Waals surface area (Å²) in [5.74, 6) is -0.585. The van der Waals surface area contributed by atoms with Crippen molar-refractivity contribution >= 4 is 23.4 Å². The quantitative estimate of drug-likeness (QED) is 0.851. The number of amides is 3. The van der Waals surface area contributed by atoms with Gasteiger partial charge in [0.25, 0.3) is 5.91 Å². The molecule has 0 bridgehead atoms.